The SMILES string of the molecule is C[C@@H]1CN(S(=O)(=O)N2CCCCC2)C[C@H](C)O1. The van der Waals surface area contributed by atoms with E-state index in [1.807, 2.05) is 13.8 Å². The fourth-order valence-electron chi connectivity index (χ4n) is 2.58. The van der Waals surface area contributed by atoms with E-state index >= 15 is 0 Å². The van der Waals surface area contributed by atoms with Gasteiger partial charge in [-0.2, -0.15) is 17.0 Å². The van der Waals surface area contributed by atoms with E-state index in [9.17, 15) is 8.42 Å². The second kappa shape index (κ2) is 5.22. The predicted octanol–water partition coefficient (Wildman–Crippen LogP) is 0.826. The molecule has 17 heavy (non-hydrogen) atoms. The van der Waals surface area contributed by atoms with Crippen molar-refractivity contribution >= 4 is 10.2 Å². The Hall–Kier alpha value is -0.170. The lowest BCUT2D eigenvalue weighted by Crippen LogP contribution is -2.53. The van der Waals surface area contributed by atoms with Crippen molar-refractivity contribution < 1.29 is 13.2 Å². The molecule has 0 spiro atoms. The Morgan fingerprint density at radius 1 is 0.941 bits per heavy atom. The smallest absolute Gasteiger partial charge is 0.282 e. The molecule has 0 unspecified atom stereocenters. The Bertz CT molecular complexity index is 342. The molecule has 2 saturated heterocycles. The average Bonchev–Trinajstić information content (AvgIpc) is 2.29. The molecule has 0 saturated carbocycles. The molecule has 0 radical (unpaired) electrons. The molecule has 2 aliphatic heterocycles. The Morgan fingerprint density at radius 2 is 1.47 bits per heavy atom. The van der Waals surface area contributed by atoms with Crippen molar-refractivity contribution in [2.45, 2.75) is 45.3 Å². The van der Waals surface area contributed by atoms with Gasteiger partial charge in [-0.3, -0.25) is 0 Å². The summed E-state index contributed by atoms with van der Waals surface area (Å²) in [5.74, 6) is 0. The Kier molecular flexibility index (Phi) is 4.07. The third-order valence-electron chi connectivity index (χ3n) is 3.35. The minimum atomic E-state index is -3.26. The highest BCUT2D eigenvalue weighted by molar-refractivity contribution is 7.86. The third kappa shape index (κ3) is 2.99. The minimum Gasteiger partial charge on any atom is -0.373 e. The van der Waals surface area contributed by atoms with Crippen LogP contribution < -0.4 is 0 Å². The number of ether oxygens (including phenoxy) is 1. The molecule has 0 bridgehead atoms. The van der Waals surface area contributed by atoms with Crippen LogP contribution in [0.4, 0.5) is 0 Å². The van der Waals surface area contributed by atoms with Gasteiger partial charge in [0.1, 0.15) is 0 Å². The molecule has 0 amide bonds. The molecule has 0 aromatic carbocycles. The molecule has 5 nitrogen and oxygen atoms in total. The molecular formula is C11H22N2O3S. The van der Waals surface area contributed by atoms with Gasteiger partial charge in [0.15, 0.2) is 0 Å². The summed E-state index contributed by atoms with van der Waals surface area (Å²) in [5.41, 5.74) is 0. The number of morpholine rings is 1. The first kappa shape index (κ1) is 13.3. The number of piperidine rings is 1. The van der Waals surface area contributed by atoms with Gasteiger partial charge in [0.2, 0.25) is 0 Å². The standard InChI is InChI=1S/C11H22N2O3S/c1-10-8-13(9-11(2)16-10)17(14,15)12-6-4-3-5-7-12/h10-11H,3-9H2,1-2H3/t10-,11+. The van der Waals surface area contributed by atoms with Gasteiger partial charge in [-0.1, -0.05) is 6.42 Å². The highest BCUT2D eigenvalue weighted by atomic mass is 32.2. The zero-order valence-electron chi connectivity index (χ0n) is 10.6. The lowest BCUT2D eigenvalue weighted by molar-refractivity contribution is -0.0455. The molecule has 2 heterocycles. The molecule has 0 aliphatic carbocycles. The van der Waals surface area contributed by atoms with E-state index < -0.39 is 10.2 Å². The monoisotopic (exact) mass is 262 g/mol. The highest BCUT2D eigenvalue weighted by Gasteiger charge is 2.35. The number of hydrogen-bond acceptors (Lipinski definition) is 3. The summed E-state index contributed by atoms with van der Waals surface area (Å²) < 4.78 is 33.6. The summed E-state index contributed by atoms with van der Waals surface area (Å²) in [6, 6.07) is 0. The lowest BCUT2D eigenvalue weighted by Gasteiger charge is -2.38. The first-order chi connectivity index (χ1) is 8.00. The first-order valence-electron chi connectivity index (χ1n) is 6.41. The highest BCUT2D eigenvalue weighted by Crippen LogP contribution is 2.20. The predicted molar refractivity (Wildman–Crippen MR) is 65.9 cm³/mol. The van der Waals surface area contributed by atoms with Crippen LogP contribution in [0, 0.1) is 0 Å². The van der Waals surface area contributed by atoms with Crippen LogP contribution >= 0.6 is 0 Å². The van der Waals surface area contributed by atoms with Crippen molar-refractivity contribution in [2.24, 2.45) is 0 Å². The van der Waals surface area contributed by atoms with Crippen LogP contribution in [0.5, 0.6) is 0 Å². The van der Waals surface area contributed by atoms with E-state index in [0.29, 0.717) is 26.2 Å². The average molecular weight is 262 g/mol. The largest absolute Gasteiger partial charge is 0.373 e. The van der Waals surface area contributed by atoms with E-state index in [1.165, 1.54) is 0 Å². The fraction of sp³-hybridized carbons (Fsp3) is 1.00. The van der Waals surface area contributed by atoms with Crippen LogP contribution in [0.25, 0.3) is 0 Å². The molecule has 2 atom stereocenters. The van der Waals surface area contributed by atoms with Crippen LogP contribution in [0.2, 0.25) is 0 Å². The number of rotatable bonds is 2. The van der Waals surface area contributed by atoms with Crippen LogP contribution in [0.3, 0.4) is 0 Å². The van der Waals surface area contributed by atoms with E-state index in [-0.39, 0.29) is 12.2 Å². The summed E-state index contributed by atoms with van der Waals surface area (Å²) >= 11 is 0. The van der Waals surface area contributed by atoms with Gasteiger partial charge in [0.05, 0.1) is 12.2 Å². The second-order valence-electron chi connectivity index (χ2n) is 5.04. The number of hydrogen-bond donors (Lipinski definition) is 0. The van der Waals surface area contributed by atoms with E-state index in [4.69, 9.17) is 4.74 Å². The lowest BCUT2D eigenvalue weighted by atomic mass is 10.2. The summed E-state index contributed by atoms with van der Waals surface area (Å²) in [5, 5.41) is 0. The molecule has 2 fully saturated rings. The number of nitrogens with zero attached hydrogens (tertiary/aromatic N) is 2. The molecule has 2 rings (SSSR count). The third-order valence-corrected chi connectivity index (χ3v) is 5.32. The molecule has 100 valence electrons. The summed E-state index contributed by atoms with van der Waals surface area (Å²) in [4.78, 5) is 0. The summed E-state index contributed by atoms with van der Waals surface area (Å²) in [7, 11) is -3.26. The van der Waals surface area contributed by atoms with E-state index in [1.54, 1.807) is 8.61 Å². The Labute approximate surface area is 104 Å². The topological polar surface area (TPSA) is 49.9 Å². The van der Waals surface area contributed by atoms with Gasteiger partial charge in [0, 0.05) is 26.2 Å². The Balaban J connectivity index is 2.08. The van der Waals surface area contributed by atoms with Crippen molar-refractivity contribution in [2.75, 3.05) is 26.2 Å². The van der Waals surface area contributed by atoms with Crippen LogP contribution in [0.15, 0.2) is 0 Å². The summed E-state index contributed by atoms with van der Waals surface area (Å²) in [6.07, 6.45) is 3.07. The van der Waals surface area contributed by atoms with Crippen molar-refractivity contribution in [3.05, 3.63) is 0 Å². The van der Waals surface area contributed by atoms with E-state index in [0.717, 1.165) is 19.3 Å². The van der Waals surface area contributed by atoms with Gasteiger partial charge in [0.25, 0.3) is 10.2 Å². The summed E-state index contributed by atoms with van der Waals surface area (Å²) in [6.45, 7) is 6.14. The maximum atomic E-state index is 12.4. The molecular weight excluding hydrogens is 240 g/mol. The molecule has 0 N–H and O–H groups in total. The van der Waals surface area contributed by atoms with Gasteiger partial charge in [-0.05, 0) is 26.7 Å². The van der Waals surface area contributed by atoms with Gasteiger partial charge < -0.3 is 4.74 Å². The maximum absolute atomic E-state index is 12.4. The zero-order chi connectivity index (χ0) is 12.5. The van der Waals surface area contributed by atoms with Crippen LogP contribution in [-0.2, 0) is 14.9 Å². The molecule has 0 aromatic rings. The van der Waals surface area contributed by atoms with E-state index in [2.05, 4.69) is 0 Å². The maximum Gasteiger partial charge on any atom is 0.282 e. The minimum absolute atomic E-state index is 0.0154. The first-order valence-corrected chi connectivity index (χ1v) is 7.80. The zero-order valence-corrected chi connectivity index (χ0v) is 11.4. The second-order valence-corrected chi connectivity index (χ2v) is 6.97. The molecule has 0 aromatic heterocycles. The van der Waals surface area contributed by atoms with Gasteiger partial charge in [-0.15, -0.1) is 0 Å². The van der Waals surface area contributed by atoms with Crippen LogP contribution in [-0.4, -0.2) is 55.4 Å². The normalized spacial score (nSPS) is 33.8. The molecule has 6 heteroatoms. The van der Waals surface area contributed by atoms with Crippen LogP contribution in [0.1, 0.15) is 33.1 Å². The van der Waals surface area contributed by atoms with Crippen molar-refractivity contribution in [1.29, 1.82) is 0 Å². The van der Waals surface area contributed by atoms with Gasteiger partial charge >= 0.3 is 0 Å². The van der Waals surface area contributed by atoms with Crippen molar-refractivity contribution in [3.63, 3.8) is 0 Å². The van der Waals surface area contributed by atoms with Crippen molar-refractivity contribution in [1.82, 2.24) is 8.61 Å². The fourth-order valence-corrected chi connectivity index (χ4v) is 4.42. The Morgan fingerprint density at radius 3 is 2.00 bits per heavy atom. The van der Waals surface area contributed by atoms with Crippen molar-refractivity contribution in [3.8, 4) is 0 Å². The quantitative estimate of drug-likeness (QED) is 0.740. The molecule has 2 aliphatic rings. The van der Waals surface area contributed by atoms with Gasteiger partial charge in [-0.25, -0.2) is 0 Å².